The number of benzene rings is 1. The first kappa shape index (κ1) is 22.7. The third kappa shape index (κ3) is 4.69. The number of imidazole rings is 1. The van der Waals surface area contributed by atoms with E-state index in [0.717, 1.165) is 18.3 Å². The van der Waals surface area contributed by atoms with Crippen LogP contribution in [-0.2, 0) is 13.0 Å². The third-order valence-electron chi connectivity index (χ3n) is 5.27. The van der Waals surface area contributed by atoms with Gasteiger partial charge >= 0.3 is 11.1 Å². The Hall–Kier alpha value is -3.44. The Morgan fingerprint density at radius 1 is 1.21 bits per heavy atom. The largest absolute Gasteiger partial charge is 0.386 e. The van der Waals surface area contributed by atoms with E-state index in [1.807, 2.05) is 0 Å². The minimum Gasteiger partial charge on any atom is -0.386 e. The number of β-amino-alcohol motifs (C(OH)–C–C–N with tert-alkyl or cyclic N) is 1. The minimum atomic E-state index is -1.45. The number of hydrogen-bond donors (Lipinski definition) is 1. The number of carbonyl (C=O) groups is 1. The zero-order valence-corrected chi connectivity index (χ0v) is 18.1. The van der Waals surface area contributed by atoms with Gasteiger partial charge in [0.05, 0.1) is 35.6 Å². The van der Waals surface area contributed by atoms with Crippen LogP contribution >= 0.6 is 11.6 Å². The highest BCUT2D eigenvalue weighted by atomic mass is 35.5. The van der Waals surface area contributed by atoms with E-state index >= 15 is 0 Å². The van der Waals surface area contributed by atoms with Gasteiger partial charge in [-0.15, -0.1) is 0 Å². The molecule has 2 aromatic heterocycles. The van der Waals surface area contributed by atoms with Gasteiger partial charge in [-0.05, 0) is 58.8 Å². The van der Waals surface area contributed by atoms with Gasteiger partial charge < -0.3 is 20.1 Å². The molecule has 1 aromatic carbocycles. The van der Waals surface area contributed by atoms with Crippen molar-refractivity contribution in [2.75, 3.05) is 13.1 Å². The molecule has 4 rings (SSSR count). The molecule has 0 spiro atoms. The molecule has 9 nitrogen and oxygen atoms in total. The van der Waals surface area contributed by atoms with E-state index in [1.54, 1.807) is 12.1 Å². The zero-order chi connectivity index (χ0) is 23.9. The Kier molecular flexibility index (Phi) is 5.85. The lowest BCUT2D eigenvalue weighted by atomic mass is 9.99. The van der Waals surface area contributed by atoms with E-state index in [2.05, 4.69) is 9.97 Å². The van der Waals surface area contributed by atoms with E-state index in [4.69, 9.17) is 11.6 Å². The first-order valence-electron chi connectivity index (χ1n) is 9.88. The fourth-order valence-corrected chi connectivity index (χ4v) is 3.97. The SMILES string of the molecule is CC(O)(CN1CCc2nc(-c3ccc(F)c(F)c3)ccc2C1=O)Cn1cc([N+](=O)[O-])nc1Cl. The highest BCUT2D eigenvalue weighted by molar-refractivity contribution is 6.28. The summed E-state index contributed by atoms with van der Waals surface area (Å²) in [5.74, 6) is -2.73. The van der Waals surface area contributed by atoms with Gasteiger partial charge in [0.25, 0.3) is 5.91 Å². The van der Waals surface area contributed by atoms with Crippen molar-refractivity contribution >= 4 is 23.3 Å². The first-order valence-corrected chi connectivity index (χ1v) is 10.3. The summed E-state index contributed by atoms with van der Waals surface area (Å²) in [5.41, 5.74) is 0.217. The third-order valence-corrected chi connectivity index (χ3v) is 5.57. The highest BCUT2D eigenvalue weighted by Gasteiger charge is 2.33. The summed E-state index contributed by atoms with van der Waals surface area (Å²) in [4.78, 5) is 32.7. The molecule has 0 saturated heterocycles. The number of carbonyl (C=O) groups excluding carboxylic acids is 1. The minimum absolute atomic E-state index is 0.0570. The molecule has 0 fully saturated rings. The average molecular weight is 478 g/mol. The number of amides is 1. The second kappa shape index (κ2) is 8.49. The molecule has 0 bridgehead atoms. The van der Waals surface area contributed by atoms with Gasteiger partial charge in [-0.3, -0.25) is 14.3 Å². The van der Waals surface area contributed by atoms with Crippen molar-refractivity contribution in [1.29, 1.82) is 0 Å². The Labute approximate surface area is 191 Å². The van der Waals surface area contributed by atoms with Gasteiger partial charge in [-0.1, -0.05) is 0 Å². The quantitative estimate of drug-likeness (QED) is 0.430. The van der Waals surface area contributed by atoms with E-state index in [1.165, 1.54) is 22.5 Å². The molecule has 3 aromatic rings. The molecule has 1 atom stereocenters. The van der Waals surface area contributed by atoms with Gasteiger partial charge in [0.15, 0.2) is 11.6 Å². The van der Waals surface area contributed by atoms with Crippen LogP contribution in [0.5, 0.6) is 0 Å². The molecule has 33 heavy (non-hydrogen) atoms. The Morgan fingerprint density at radius 2 is 1.97 bits per heavy atom. The van der Waals surface area contributed by atoms with Gasteiger partial charge in [0.2, 0.25) is 0 Å². The van der Waals surface area contributed by atoms with E-state index in [-0.39, 0.29) is 30.8 Å². The smallest absolute Gasteiger partial charge is 0.383 e. The molecule has 0 aliphatic carbocycles. The highest BCUT2D eigenvalue weighted by Crippen LogP contribution is 2.26. The van der Waals surface area contributed by atoms with E-state index < -0.39 is 28.0 Å². The Morgan fingerprint density at radius 3 is 2.64 bits per heavy atom. The Balaban J connectivity index is 1.50. The van der Waals surface area contributed by atoms with E-state index in [0.29, 0.717) is 28.9 Å². The zero-order valence-electron chi connectivity index (χ0n) is 17.3. The summed E-state index contributed by atoms with van der Waals surface area (Å²) in [6, 6.07) is 6.59. The van der Waals surface area contributed by atoms with Crippen LogP contribution in [0.4, 0.5) is 14.6 Å². The summed E-state index contributed by atoms with van der Waals surface area (Å²) >= 11 is 5.92. The lowest BCUT2D eigenvalue weighted by Gasteiger charge is -2.34. The normalized spacial score (nSPS) is 15.3. The number of nitro groups is 1. The fraction of sp³-hybridized carbons (Fsp3) is 0.286. The number of pyridine rings is 1. The summed E-state index contributed by atoms with van der Waals surface area (Å²) in [7, 11) is 0. The van der Waals surface area contributed by atoms with Crippen LogP contribution in [0, 0.1) is 21.7 Å². The lowest BCUT2D eigenvalue weighted by molar-refractivity contribution is -0.389. The van der Waals surface area contributed by atoms with Gasteiger partial charge in [-0.2, -0.15) is 0 Å². The van der Waals surface area contributed by atoms with Crippen LogP contribution < -0.4 is 0 Å². The van der Waals surface area contributed by atoms with Crippen LogP contribution in [0.1, 0.15) is 23.0 Å². The second-order valence-electron chi connectivity index (χ2n) is 8.05. The molecule has 1 N–H and O–H groups in total. The summed E-state index contributed by atoms with van der Waals surface area (Å²) in [6.45, 7) is 1.59. The second-order valence-corrected chi connectivity index (χ2v) is 8.38. The first-order chi connectivity index (χ1) is 15.5. The molecule has 1 amide bonds. The molecule has 3 heterocycles. The van der Waals surface area contributed by atoms with Crippen molar-refractivity contribution in [3.05, 3.63) is 74.8 Å². The summed E-state index contributed by atoms with van der Waals surface area (Å²) in [6.07, 6.45) is 1.51. The lowest BCUT2D eigenvalue weighted by Crippen LogP contribution is -2.48. The summed E-state index contributed by atoms with van der Waals surface area (Å²) in [5, 5.41) is 21.6. The van der Waals surface area contributed by atoms with Gasteiger partial charge in [0.1, 0.15) is 6.20 Å². The fourth-order valence-electron chi connectivity index (χ4n) is 3.77. The molecule has 0 radical (unpaired) electrons. The number of aliphatic hydroxyl groups is 1. The maximum atomic E-state index is 13.6. The average Bonchev–Trinajstić information content (AvgIpc) is 3.11. The van der Waals surface area contributed by atoms with Gasteiger partial charge in [0, 0.05) is 18.5 Å². The molecular formula is C21H18ClF2N5O4. The predicted molar refractivity (Wildman–Crippen MR) is 114 cm³/mol. The van der Waals surface area contributed by atoms with Gasteiger partial charge in [-0.25, -0.2) is 8.78 Å². The van der Waals surface area contributed by atoms with Crippen LogP contribution in [0.2, 0.25) is 5.28 Å². The monoisotopic (exact) mass is 477 g/mol. The number of hydrogen-bond acceptors (Lipinski definition) is 6. The van der Waals surface area contributed by atoms with Crippen molar-refractivity contribution in [2.24, 2.45) is 0 Å². The number of aromatic nitrogens is 3. The molecular weight excluding hydrogens is 460 g/mol. The van der Waals surface area contributed by atoms with Crippen LogP contribution in [0.25, 0.3) is 11.3 Å². The topological polar surface area (TPSA) is 114 Å². The molecule has 1 aliphatic heterocycles. The van der Waals surface area contributed by atoms with Crippen molar-refractivity contribution in [3.8, 4) is 11.3 Å². The van der Waals surface area contributed by atoms with Crippen LogP contribution in [0.3, 0.4) is 0 Å². The maximum absolute atomic E-state index is 13.6. The number of nitrogens with zero attached hydrogens (tertiary/aromatic N) is 5. The number of halogens is 3. The molecule has 1 aliphatic rings. The van der Waals surface area contributed by atoms with E-state index in [9.17, 15) is 28.8 Å². The van der Waals surface area contributed by atoms with Crippen molar-refractivity contribution < 1.29 is 23.6 Å². The van der Waals surface area contributed by atoms with Crippen LogP contribution in [-0.4, -0.2) is 54.1 Å². The molecule has 1 unspecified atom stereocenters. The maximum Gasteiger partial charge on any atom is 0.383 e. The standard InChI is InChI=1S/C21H18ClF2N5O4/c1-21(31,11-28-9-18(29(32)33)26-20(28)22)10-27-7-6-17-13(19(27)30)3-5-16(25-17)12-2-4-14(23)15(24)8-12/h2-5,8-9,31H,6-7,10-11H2,1H3. The summed E-state index contributed by atoms with van der Waals surface area (Å²) < 4.78 is 28.0. The Bertz CT molecular complexity index is 1260. The van der Waals surface area contributed by atoms with Crippen molar-refractivity contribution in [2.45, 2.75) is 25.5 Å². The van der Waals surface area contributed by atoms with Crippen molar-refractivity contribution in [1.82, 2.24) is 19.4 Å². The number of rotatable bonds is 6. The molecule has 172 valence electrons. The molecule has 12 heteroatoms. The molecule has 0 saturated carbocycles. The van der Waals surface area contributed by atoms with Crippen LogP contribution in [0.15, 0.2) is 36.5 Å². The number of fused-ring (bicyclic) bond motifs is 1. The van der Waals surface area contributed by atoms with Crippen molar-refractivity contribution in [3.63, 3.8) is 0 Å². The predicted octanol–water partition coefficient (Wildman–Crippen LogP) is 3.23.